The lowest BCUT2D eigenvalue weighted by molar-refractivity contribution is 0.122. The van der Waals surface area contributed by atoms with E-state index in [2.05, 4.69) is 40.3 Å². The van der Waals surface area contributed by atoms with Crippen LogP contribution in [-0.2, 0) is 4.74 Å². The topological polar surface area (TPSA) is 65.6 Å². The third kappa shape index (κ3) is 4.94. The van der Waals surface area contributed by atoms with Crippen LogP contribution in [0.3, 0.4) is 0 Å². The number of ether oxygens (including phenoxy) is 1. The van der Waals surface area contributed by atoms with Crippen LogP contribution in [0.4, 0.5) is 17.6 Å². The number of nitrogens with one attached hydrogen (secondary N) is 2. The van der Waals surface area contributed by atoms with Gasteiger partial charge in [-0.15, -0.1) is 0 Å². The lowest BCUT2D eigenvalue weighted by atomic mass is 9.92. The Balaban J connectivity index is 1.87. The van der Waals surface area contributed by atoms with E-state index in [9.17, 15) is 0 Å². The number of rotatable bonds is 4. The summed E-state index contributed by atoms with van der Waals surface area (Å²) >= 11 is 5.32. The van der Waals surface area contributed by atoms with Gasteiger partial charge in [0.25, 0.3) is 0 Å². The maximum absolute atomic E-state index is 5.48. The van der Waals surface area contributed by atoms with E-state index in [1.165, 1.54) is 6.42 Å². The monoisotopic (exact) mass is 378 g/mol. The zero-order chi connectivity index (χ0) is 18.5. The predicted octanol–water partition coefficient (Wildman–Crippen LogP) is 2.10. The van der Waals surface area contributed by atoms with E-state index in [0.29, 0.717) is 22.9 Å². The van der Waals surface area contributed by atoms with Crippen molar-refractivity contribution < 1.29 is 4.74 Å². The molecule has 0 spiro atoms. The van der Waals surface area contributed by atoms with Crippen LogP contribution in [0, 0.1) is 11.8 Å². The molecule has 1 aromatic heterocycles. The van der Waals surface area contributed by atoms with Crippen molar-refractivity contribution in [3.8, 4) is 0 Å². The first-order valence-electron chi connectivity index (χ1n) is 9.56. The van der Waals surface area contributed by atoms with E-state index in [0.717, 1.165) is 57.6 Å². The van der Waals surface area contributed by atoms with Crippen molar-refractivity contribution in [2.45, 2.75) is 27.2 Å². The summed E-state index contributed by atoms with van der Waals surface area (Å²) in [6, 6.07) is 2.11. The van der Waals surface area contributed by atoms with Gasteiger partial charge in [0, 0.05) is 38.8 Å². The maximum Gasteiger partial charge on any atom is 0.232 e. The van der Waals surface area contributed by atoms with Crippen molar-refractivity contribution in [1.29, 1.82) is 0 Å². The minimum absolute atomic E-state index is 0.554. The summed E-state index contributed by atoms with van der Waals surface area (Å²) in [5, 5.41) is 6.79. The van der Waals surface area contributed by atoms with E-state index in [1.54, 1.807) is 0 Å². The van der Waals surface area contributed by atoms with Crippen LogP contribution < -0.4 is 20.4 Å². The Kier molecular flexibility index (Phi) is 6.48. The van der Waals surface area contributed by atoms with Gasteiger partial charge in [0.2, 0.25) is 5.95 Å². The Morgan fingerprint density at radius 3 is 2.38 bits per heavy atom. The molecular weight excluding hydrogens is 348 g/mol. The van der Waals surface area contributed by atoms with Crippen LogP contribution in [0.1, 0.15) is 27.2 Å². The minimum atomic E-state index is 0.554. The molecule has 2 atom stereocenters. The molecule has 0 aliphatic carbocycles. The summed E-state index contributed by atoms with van der Waals surface area (Å²) in [5.74, 6) is 3.80. The van der Waals surface area contributed by atoms with Crippen LogP contribution in [0.2, 0.25) is 0 Å². The van der Waals surface area contributed by atoms with Crippen molar-refractivity contribution in [2.24, 2.45) is 11.8 Å². The second-order valence-corrected chi connectivity index (χ2v) is 7.75. The van der Waals surface area contributed by atoms with E-state index >= 15 is 0 Å². The van der Waals surface area contributed by atoms with Gasteiger partial charge >= 0.3 is 0 Å². The van der Waals surface area contributed by atoms with Crippen LogP contribution in [0.15, 0.2) is 6.07 Å². The fraction of sp³-hybridized carbons (Fsp3) is 0.722. The van der Waals surface area contributed by atoms with Crippen LogP contribution in [0.25, 0.3) is 0 Å². The maximum atomic E-state index is 5.48. The van der Waals surface area contributed by atoms with Crippen molar-refractivity contribution in [1.82, 2.24) is 15.3 Å². The Morgan fingerprint density at radius 1 is 1.15 bits per heavy atom. The lowest BCUT2D eigenvalue weighted by Gasteiger charge is -2.36. The molecule has 7 nitrogen and oxygen atoms in total. The summed E-state index contributed by atoms with van der Waals surface area (Å²) in [6.45, 7) is 12.6. The number of thiocarbonyl (C=S) groups is 1. The smallest absolute Gasteiger partial charge is 0.232 e. The zero-order valence-electron chi connectivity index (χ0n) is 16.0. The zero-order valence-corrected chi connectivity index (χ0v) is 16.8. The van der Waals surface area contributed by atoms with Gasteiger partial charge in [-0.1, -0.05) is 13.8 Å². The minimum Gasteiger partial charge on any atom is -0.378 e. The molecule has 0 saturated carbocycles. The molecule has 0 aromatic carbocycles. The standard InChI is InChI=1S/C18H30N6OS/c1-4-19-18(26)22-17-20-15(23-5-7-25-8-6-23)10-16(21-17)24-11-13(2)9-14(3)12-24/h10,13-14H,4-9,11-12H2,1-3H3,(H2,19,20,21,22,26)/t13-,14-/m0/s1. The van der Waals surface area contributed by atoms with Crippen molar-refractivity contribution >= 4 is 34.9 Å². The number of hydrogen-bond acceptors (Lipinski definition) is 6. The van der Waals surface area contributed by atoms with Crippen molar-refractivity contribution in [3.05, 3.63) is 6.07 Å². The molecule has 2 aliphatic rings. The Hall–Kier alpha value is -1.67. The number of piperidine rings is 1. The highest BCUT2D eigenvalue weighted by atomic mass is 32.1. The van der Waals surface area contributed by atoms with Gasteiger partial charge in [0.15, 0.2) is 5.11 Å². The molecule has 26 heavy (non-hydrogen) atoms. The van der Waals surface area contributed by atoms with Gasteiger partial charge in [-0.25, -0.2) is 0 Å². The summed E-state index contributed by atoms with van der Waals surface area (Å²) in [5.41, 5.74) is 0. The first-order valence-corrected chi connectivity index (χ1v) is 9.97. The molecular formula is C18H30N6OS. The van der Waals surface area contributed by atoms with Gasteiger partial charge in [-0.3, -0.25) is 0 Å². The fourth-order valence-electron chi connectivity index (χ4n) is 3.75. The molecule has 2 fully saturated rings. The van der Waals surface area contributed by atoms with Gasteiger partial charge in [-0.05, 0) is 37.4 Å². The summed E-state index contributed by atoms with van der Waals surface area (Å²) in [7, 11) is 0. The van der Waals surface area contributed by atoms with Crippen LogP contribution in [0.5, 0.6) is 0 Å². The molecule has 0 amide bonds. The SMILES string of the molecule is CCNC(=S)Nc1nc(N2CCOCC2)cc(N2C[C@@H](C)C[C@H](C)C2)n1. The highest BCUT2D eigenvalue weighted by molar-refractivity contribution is 7.80. The molecule has 144 valence electrons. The van der Waals surface area contributed by atoms with Gasteiger partial charge in [0.1, 0.15) is 11.6 Å². The molecule has 1 aromatic rings. The van der Waals surface area contributed by atoms with E-state index in [4.69, 9.17) is 26.9 Å². The largest absolute Gasteiger partial charge is 0.378 e. The molecule has 8 heteroatoms. The number of aromatic nitrogens is 2. The highest BCUT2D eigenvalue weighted by Gasteiger charge is 2.25. The van der Waals surface area contributed by atoms with Gasteiger partial charge in [-0.2, -0.15) is 9.97 Å². The predicted molar refractivity (Wildman–Crippen MR) is 110 cm³/mol. The van der Waals surface area contributed by atoms with Crippen LogP contribution in [-0.4, -0.2) is 61.0 Å². The van der Waals surface area contributed by atoms with Crippen LogP contribution >= 0.6 is 12.2 Å². The quantitative estimate of drug-likeness (QED) is 0.773. The van der Waals surface area contributed by atoms with E-state index in [-0.39, 0.29) is 0 Å². The lowest BCUT2D eigenvalue weighted by Crippen LogP contribution is -2.40. The number of anilines is 3. The molecule has 3 rings (SSSR count). The second-order valence-electron chi connectivity index (χ2n) is 7.34. The highest BCUT2D eigenvalue weighted by Crippen LogP contribution is 2.28. The summed E-state index contributed by atoms with van der Waals surface area (Å²) < 4.78 is 5.48. The van der Waals surface area contributed by atoms with Crippen molar-refractivity contribution in [3.63, 3.8) is 0 Å². The average Bonchev–Trinajstić information content (AvgIpc) is 2.61. The first kappa shape index (κ1) is 19.1. The van der Waals surface area contributed by atoms with E-state index < -0.39 is 0 Å². The van der Waals surface area contributed by atoms with Gasteiger partial charge in [0.05, 0.1) is 13.2 Å². The molecule has 3 heterocycles. The number of nitrogens with zero attached hydrogens (tertiary/aromatic N) is 4. The normalized spacial score (nSPS) is 23.7. The second kappa shape index (κ2) is 8.81. The van der Waals surface area contributed by atoms with E-state index in [1.807, 2.05) is 6.92 Å². The van der Waals surface area contributed by atoms with Gasteiger partial charge < -0.3 is 25.2 Å². The molecule has 0 radical (unpaired) electrons. The molecule has 0 unspecified atom stereocenters. The molecule has 0 bridgehead atoms. The molecule has 2 saturated heterocycles. The Bertz CT molecular complexity index is 612. The Morgan fingerprint density at radius 2 is 1.77 bits per heavy atom. The number of hydrogen-bond donors (Lipinski definition) is 2. The molecule has 2 N–H and O–H groups in total. The Labute approximate surface area is 161 Å². The average molecular weight is 379 g/mol. The number of morpholine rings is 1. The first-order chi connectivity index (χ1) is 12.5. The third-order valence-electron chi connectivity index (χ3n) is 4.79. The fourth-order valence-corrected chi connectivity index (χ4v) is 3.99. The van der Waals surface area contributed by atoms with Crippen molar-refractivity contribution in [2.75, 3.05) is 61.1 Å². The summed E-state index contributed by atoms with van der Waals surface area (Å²) in [4.78, 5) is 14.1. The summed E-state index contributed by atoms with van der Waals surface area (Å²) in [6.07, 6.45) is 1.27. The third-order valence-corrected chi connectivity index (χ3v) is 5.04. The molecule has 2 aliphatic heterocycles.